The van der Waals surface area contributed by atoms with Crippen LogP contribution in [0.5, 0.6) is 0 Å². The number of amides is 1. The molecule has 0 atom stereocenters. The van der Waals surface area contributed by atoms with Gasteiger partial charge in [0.25, 0.3) is 0 Å². The fourth-order valence-electron chi connectivity index (χ4n) is 1.71. The normalized spacial score (nSPS) is 10.7. The molecule has 2 N–H and O–H groups in total. The zero-order valence-electron chi connectivity index (χ0n) is 12.0. The minimum Gasteiger partial charge on any atom is -0.383 e. The summed E-state index contributed by atoms with van der Waals surface area (Å²) in [5, 5.41) is 10.4. The third-order valence-corrected chi connectivity index (χ3v) is 2.85. The quantitative estimate of drug-likeness (QED) is 0.629. The van der Waals surface area contributed by atoms with Crippen molar-refractivity contribution in [1.29, 1.82) is 0 Å². The topological polar surface area (TPSA) is 68.2 Å². The van der Waals surface area contributed by atoms with Gasteiger partial charge in [-0.1, -0.05) is 6.92 Å². The Bertz CT molecular complexity index is 390. The largest absolute Gasteiger partial charge is 0.383 e. The summed E-state index contributed by atoms with van der Waals surface area (Å²) in [5.41, 5.74) is 2.23. The van der Waals surface area contributed by atoms with Gasteiger partial charge in [0.2, 0.25) is 5.91 Å². The number of ether oxygens (including phenoxy) is 1. The molecule has 1 aromatic rings. The predicted octanol–water partition coefficient (Wildman–Crippen LogP) is 0.225. The molecule has 0 fully saturated rings. The monoisotopic (exact) mass is 268 g/mol. The lowest BCUT2D eigenvalue weighted by Gasteiger charge is -2.06. The molecule has 6 heteroatoms. The zero-order chi connectivity index (χ0) is 14.1. The molecule has 0 aliphatic carbocycles. The Hall–Kier alpha value is -1.40. The van der Waals surface area contributed by atoms with Gasteiger partial charge in [0, 0.05) is 40.2 Å². The zero-order valence-corrected chi connectivity index (χ0v) is 12.0. The maximum atomic E-state index is 11.4. The fraction of sp³-hybridized carbons (Fsp3) is 0.692. The first-order chi connectivity index (χ1) is 9.17. The minimum absolute atomic E-state index is 0.0452. The van der Waals surface area contributed by atoms with E-state index in [0.29, 0.717) is 26.1 Å². The van der Waals surface area contributed by atoms with Gasteiger partial charge in [0.15, 0.2) is 0 Å². The van der Waals surface area contributed by atoms with E-state index < -0.39 is 0 Å². The van der Waals surface area contributed by atoms with Gasteiger partial charge in [-0.25, -0.2) is 0 Å². The van der Waals surface area contributed by atoms with Crippen molar-refractivity contribution in [2.45, 2.75) is 26.3 Å². The standard InChI is InChI=1S/C13H24N4O2/c1-4-11-9-12(17(2)16-11)10-14-6-5-13(18)15-7-8-19-3/h9,14H,4-8,10H2,1-3H3,(H,15,18). The molecule has 0 saturated carbocycles. The summed E-state index contributed by atoms with van der Waals surface area (Å²) in [7, 11) is 3.56. The first-order valence-electron chi connectivity index (χ1n) is 6.65. The Morgan fingerprint density at radius 1 is 1.47 bits per heavy atom. The lowest BCUT2D eigenvalue weighted by molar-refractivity contribution is -0.121. The van der Waals surface area contributed by atoms with E-state index in [0.717, 1.165) is 24.4 Å². The van der Waals surface area contributed by atoms with Crippen LogP contribution in [-0.2, 0) is 29.5 Å². The molecule has 0 saturated heterocycles. The summed E-state index contributed by atoms with van der Waals surface area (Å²) in [5.74, 6) is 0.0452. The predicted molar refractivity (Wildman–Crippen MR) is 73.8 cm³/mol. The molecule has 1 rings (SSSR count). The highest BCUT2D eigenvalue weighted by molar-refractivity contribution is 5.75. The average molecular weight is 268 g/mol. The van der Waals surface area contributed by atoms with Crippen molar-refractivity contribution in [2.75, 3.05) is 26.8 Å². The Morgan fingerprint density at radius 2 is 2.26 bits per heavy atom. The molecule has 19 heavy (non-hydrogen) atoms. The van der Waals surface area contributed by atoms with Crippen LogP contribution in [0.3, 0.4) is 0 Å². The highest BCUT2D eigenvalue weighted by Gasteiger charge is 2.04. The molecule has 1 amide bonds. The molecule has 0 aromatic carbocycles. The van der Waals surface area contributed by atoms with E-state index in [1.54, 1.807) is 7.11 Å². The summed E-state index contributed by atoms with van der Waals surface area (Å²) >= 11 is 0. The number of nitrogens with zero attached hydrogens (tertiary/aromatic N) is 2. The van der Waals surface area contributed by atoms with Crippen molar-refractivity contribution < 1.29 is 9.53 Å². The Balaban J connectivity index is 2.16. The Morgan fingerprint density at radius 3 is 2.89 bits per heavy atom. The van der Waals surface area contributed by atoms with E-state index in [9.17, 15) is 4.79 Å². The highest BCUT2D eigenvalue weighted by atomic mass is 16.5. The van der Waals surface area contributed by atoms with Crippen molar-refractivity contribution in [1.82, 2.24) is 20.4 Å². The molecule has 1 aromatic heterocycles. The summed E-state index contributed by atoms with van der Waals surface area (Å²) in [6, 6.07) is 2.09. The van der Waals surface area contributed by atoms with E-state index in [1.807, 2.05) is 11.7 Å². The van der Waals surface area contributed by atoms with Crippen molar-refractivity contribution in [3.05, 3.63) is 17.5 Å². The molecule has 0 unspecified atom stereocenters. The summed E-state index contributed by atoms with van der Waals surface area (Å²) in [4.78, 5) is 11.4. The number of hydrogen-bond acceptors (Lipinski definition) is 4. The van der Waals surface area contributed by atoms with Gasteiger partial charge in [-0.05, 0) is 12.5 Å². The molecule has 0 aliphatic heterocycles. The second kappa shape index (κ2) is 8.66. The van der Waals surface area contributed by atoms with Crippen molar-refractivity contribution in [2.24, 2.45) is 7.05 Å². The van der Waals surface area contributed by atoms with Crippen molar-refractivity contribution in [3.63, 3.8) is 0 Å². The number of aromatic nitrogens is 2. The molecule has 0 aliphatic rings. The minimum atomic E-state index is 0.0452. The van der Waals surface area contributed by atoms with E-state index in [1.165, 1.54) is 0 Å². The van der Waals surface area contributed by atoms with Crippen LogP contribution in [0.4, 0.5) is 0 Å². The number of rotatable bonds is 9. The SMILES string of the molecule is CCc1cc(CNCCC(=O)NCCOC)n(C)n1. The van der Waals surface area contributed by atoms with Crippen LogP contribution in [0.15, 0.2) is 6.07 Å². The third-order valence-electron chi connectivity index (χ3n) is 2.85. The van der Waals surface area contributed by atoms with Crippen molar-refractivity contribution in [3.8, 4) is 0 Å². The summed E-state index contributed by atoms with van der Waals surface area (Å²) in [6.07, 6.45) is 1.41. The average Bonchev–Trinajstić information content (AvgIpc) is 2.76. The molecule has 0 spiro atoms. The first kappa shape index (κ1) is 15.7. The molecular formula is C13H24N4O2. The summed E-state index contributed by atoms with van der Waals surface area (Å²) < 4.78 is 6.74. The van der Waals surface area contributed by atoms with Gasteiger partial charge in [-0.2, -0.15) is 5.10 Å². The van der Waals surface area contributed by atoms with E-state index in [2.05, 4.69) is 28.7 Å². The van der Waals surface area contributed by atoms with Gasteiger partial charge in [-0.3, -0.25) is 9.48 Å². The number of carbonyl (C=O) groups is 1. The molecule has 0 radical (unpaired) electrons. The highest BCUT2D eigenvalue weighted by Crippen LogP contribution is 2.03. The molecular weight excluding hydrogens is 244 g/mol. The van der Waals surface area contributed by atoms with Crippen LogP contribution in [0.1, 0.15) is 24.7 Å². The van der Waals surface area contributed by atoms with E-state index in [-0.39, 0.29) is 5.91 Å². The number of hydrogen-bond donors (Lipinski definition) is 2. The van der Waals surface area contributed by atoms with Crippen LogP contribution in [0.25, 0.3) is 0 Å². The maximum Gasteiger partial charge on any atom is 0.221 e. The first-order valence-corrected chi connectivity index (χ1v) is 6.65. The van der Waals surface area contributed by atoms with E-state index >= 15 is 0 Å². The van der Waals surface area contributed by atoms with Gasteiger partial charge in [0.05, 0.1) is 18.0 Å². The summed E-state index contributed by atoms with van der Waals surface area (Å²) in [6.45, 7) is 4.59. The fourth-order valence-corrected chi connectivity index (χ4v) is 1.71. The lowest BCUT2D eigenvalue weighted by Crippen LogP contribution is -2.30. The third kappa shape index (κ3) is 5.85. The Kier molecular flexibility index (Phi) is 7.14. The van der Waals surface area contributed by atoms with Gasteiger partial charge in [0.1, 0.15) is 0 Å². The van der Waals surface area contributed by atoms with Crippen LogP contribution < -0.4 is 10.6 Å². The number of methoxy groups -OCH3 is 1. The number of carbonyl (C=O) groups excluding carboxylic acids is 1. The lowest BCUT2D eigenvalue weighted by atomic mass is 10.3. The van der Waals surface area contributed by atoms with Crippen LogP contribution in [0.2, 0.25) is 0 Å². The van der Waals surface area contributed by atoms with Crippen LogP contribution in [0, 0.1) is 0 Å². The molecule has 6 nitrogen and oxygen atoms in total. The van der Waals surface area contributed by atoms with Crippen molar-refractivity contribution >= 4 is 5.91 Å². The van der Waals surface area contributed by atoms with Crippen LogP contribution >= 0.6 is 0 Å². The van der Waals surface area contributed by atoms with Gasteiger partial charge >= 0.3 is 0 Å². The number of aryl methyl sites for hydroxylation is 2. The van der Waals surface area contributed by atoms with Gasteiger partial charge < -0.3 is 15.4 Å². The number of nitrogens with one attached hydrogen (secondary N) is 2. The molecule has 108 valence electrons. The van der Waals surface area contributed by atoms with Gasteiger partial charge in [-0.15, -0.1) is 0 Å². The van der Waals surface area contributed by atoms with Crippen LogP contribution in [-0.4, -0.2) is 42.5 Å². The second-order valence-corrected chi connectivity index (χ2v) is 4.37. The smallest absolute Gasteiger partial charge is 0.221 e. The maximum absolute atomic E-state index is 11.4. The molecule has 1 heterocycles. The molecule has 0 bridgehead atoms. The second-order valence-electron chi connectivity index (χ2n) is 4.37. The van der Waals surface area contributed by atoms with E-state index in [4.69, 9.17) is 4.74 Å². The Labute approximate surface area is 114 Å².